The Balaban J connectivity index is 1.60. The molecule has 132 valence electrons. The Labute approximate surface area is 158 Å². The van der Waals surface area contributed by atoms with Crippen molar-refractivity contribution in [3.63, 3.8) is 0 Å². The minimum Gasteiger partial charge on any atom is -0.325 e. The molecule has 0 spiro atoms. The van der Waals surface area contributed by atoms with Crippen molar-refractivity contribution in [3.8, 4) is 0 Å². The number of nitrogens with one attached hydrogen (secondary N) is 2. The molecule has 2 heterocycles. The van der Waals surface area contributed by atoms with Gasteiger partial charge in [-0.25, -0.2) is 15.0 Å². The van der Waals surface area contributed by atoms with Crippen LogP contribution in [-0.2, 0) is 11.2 Å². The summed E-state index contributed by atoms with van der Waals surface area (Å²) in [5.41, 5.74) is 2.01. The molecule has 9 heteroatoms. The van der Waals surface area contributed by atoms with Crippen LogP contribution in [0.5, 0.6) is 0 Å². The SMILES string of the molecule is Cc1c(Cl)cccc1NC(=O)Cc1csc(NC(=O)c2ncccn2)n1. The van der Waals surface area contributed by atoms with Gasteiger partial charge in [-0.05, 0) is 30.7 Å². The number of benzene rings is 1. The molecule has 0 aliphatic rings. The molecule has 1 aromatic carbocycles. The Hall–Kier alpha value is -2.84. The van der Waals surface area contributed by atoms with Crippen LogP contribution in [0.4, 0.5) is 10.8 Å². The molecule has 26 heavy (non-hydrogen) atoms. The number of aromatic nitrogens is 3. The van der Waals surface area contributed by atoms with Gasteiger partial charge < -0.3 is 5.32 Å². The molecular formula is C17H14ClN5O2S. The summed E-state index contributed by atoms with van der Waals surface area (Å²) in [6.07, 6.45) is 3.05. The van der Waals surface area contributed by atoms with Crippen molar-refractivity contribution in [1.29, 1.82) is 0 Å². The predicted octanol–water partition coefficient (Wildman–Crippen LogP) is 3.33. The largest absolute Gasteiger partial charge is 0.325 e. The highest BCUT2D eigenvalue weighted by Gasteiger charge is 2.13. The van der Waals surface area contributed by atoms with Crippen LogP contribution >= 0.6 is 22.9 Å². The van der Waals surface area contributed by atoms with E-state index in [1.807, 2.05) is 6.92 Å². The first kappa shape index (κ1) is 18.0. The van der Waals surface area contributed by atoms with Crippen LogP contribution in [0.3, 0.4) is 0 Å². The van der Waals surface area contributed by atoms with Crippen LogP contribution in [0.2, 0.25) is 5.02 Å². The first-order valence-corrected chi connectivity index (χ1v) is 8.86. The number of rotatable bonds is 5. The minimum atomic E-state index is -0.453. The zero-order chi connectivity index (χ0) is 18.5. The summed E-state index contributed by atoms with van der Waals surface area (Å²) in [5, 5.41) is 8.10. The molecule has 0 atom stereocenters. The van der Waals surface area contributed by atoms with Crippen molar-refractivity contribution in [3.05, 3.63) is 64.1 Å². The maximum absolute atomic E-state index is 12.2. The smallest absolute Gasteiger partial charge is 0.295 e. The molecule has 7 nitrogen and oxygen atoms in total. The lowest BCUT2D eigenvalue weighted by molar-refractivity contribution is -0.115. The van der Waals surface area contributed by atoms with Gasteiger partial charge in [-0.1, -0.05) is 17.7 Å². The van der Waals surface area contributed by atoms with Gasteiger partial charge in [0.2, 0.25) is 11.7 Å². The standard InChI is InChI=1S/C17H14ClN5O2S/c1-10-12(18)4-2-5-13(10)22-14(24)8-11-9-26-17(21-11)23-16(25)15-19-6-3-7-20-15/h2-7,9H,8H2,1H3,(H,22,24)(H,21,23,25). The van der Waals surface area contributed by atoms with E-state index in [0.29, 0.717) is 21.5 Å². The highest BCUT2D eigenvalue weighted by Crippen LogP contribution is 2.23. The quantitative estimate of drug-likeness (QED) is 0.699. The van der Waals surface area contributed by atoms with Crippen LogP contribution < -0.4 is 10.6 Å². The molecule has 0 bridgehead atoms. The predicted molar refractivity (Wildman–Crippen MR) is 101 cm³/mol. The van der Waals surface area contributed by atoms with Gasteiger partial charge in [0, 0.05) is 28.5 Å². The second-order valence-electron chi connectivity index (χ2n) is 5.31. The highest BCUT2D eigenvalue weighted by molar-refractivity contribution is 7.14. The number of hydrogen-bond donors (Lipinski definition) is 2. The second-order valence-corrected chi connectivity index (χ2v) is 6.57. The fourth-order valence-electron chi connectivity index (χ4n) is 2.12. The van der Waals surface area contributed by atoms with Gasteiger partial charge in [0.05, 0.1) is 12.1 Å². The Bertz CT molecular complexity index is 945. The number of amides is 2. The van der Waals surface area contributed by atoms with Crippen LogP contribution in [0.25, 0.3) is 0 Å². The van der Waals surface area contributed by atoms with E-state index >= 15 is 0 Å². The number of thiazole rings is 1. The van der Waals surface area contributed by atoms with Crippen molar-refractivity contribution >= 4 is 45.6 Å². The van der Waals surface area contributed by atoms with Gasteiger partial charge in [-0.2, -0.15) is 0 Å². The molecule has 3 aromatic rings. The normalized spacial score (nSPS) is 10.4. The van der Waals surface area contributed by atoms with Crippen LogP contribution in [0.1, 0.15) is 21.9 Å². The number of nitrogens with zero attached hydrogens (tertiary/aromatic N) is 3. The zero-order valence-electron chi connectivity index (χ0n) is 13.7. The van der Waals surface area contributed by atoms with Gasteiger partial charge in [-0.15, -0.1) is 11.3 Å². The molecule has 2 aromatic heterocycles. The lowest BCUT2D eigenvalue weighted by atomic mass is 10.2. The summed E-state index contributed by atoms with van der Waals surface area (Å²) < 4.78 is 0. The highest BCUT2D eigenvalue weighted by atomic mass is 35.5. The monoisotopic (exact) mass is 387 g/mol. The van der Waals surface area contributed by atoms with E-state index < -0.39 is 5.91 Å². The molecule has 0 radical (unpaired) electrons. The molecule has 0 saturated heterocycles. The topological polar surface area (TPSA) is 96.9 Å². The van der Waals surface area contributed by atoms with Gasteiger partial charge in [0.25, 0.3) is 5.91 Å². The molecule has 2 N–H and O–H groups in total. The minimum absolute atomic E-state index is 0.0541. The average molecular weight is 388 g/mol. The van der Waals surface area contributed by atoms with Crippen molar-refractivity contribution in [2.75, 3.05) is 10.6 Å². The zero-order valence-corrected chi connectivity index (χ0v) is 15.3. The second kappa shape index (κ2) is 8.03. The van der Waals surface area contributed by atoms with E-state index in [0.717, 1.165) is 5.56 Å². The van der Waals surface area contributed by atoms with Gasteiger partial charge in [0.15, 0.2) is 5.13 Å². The molecule has 0 fully saturated rings. The Morgan fingerprint density at radius 1 is 1.15 bits per heavy atom. The fraction of sp³-hybridized carbons (Fsp3) is 0.118. The Kier molecular flexibility index (Phi) is 5.55. The first-order valence-electron chi connectivity index (χ1n) is 7.60. The molecule has 0 aliphatic carbocycles. The first-order chi connectivity index (χ1) is 12.5. The van der Waals surface area contributed by atoms with Crippen LogP contribution in [0, 0.1) is 6.92 Å². The average Bonchev–Trinajstić information content (AvgIpc) is 3.06. The third-order valence-electron chi connectivity index (χ3n) is 3.42. The van der Waals surface area contributed by atoms with Crippen molar-refractivity contribution in [2.45, 2.75) is 13.3 Å². The third-order valence-corrected chi connectivity index (χ3v) is 4.64. The summed E-state index contributed by atoms with van der Waals surface area (Å²) in [7, 11) is 0. The Morgan fingerprint density at radius 2 is 1.92 bits per heavy atom. The third kappa shape index (κ3) is 4.41. The Morgan fingerprint density at radius 3 is 2.69 bits per heavy atom. The number of anilines is 2. The van der Waals surface area contributed by atoms with Gasteiger partial charge in [-0.3, -0.25) is 14.9 Å². The molecular weight excluding hydrogens is 374 g/mol. The lowest BCUT2D eigenvalue weighted by Crippen LogP contribution is -2.16. The lowest BCUT2D eigenvalue weighted by Gasteiger charge is -2.08. The van der Waals surface area contributed by atoms with E-state index in [9.17, 15) is 9.59 Å². The number of hydrogen-bond acceptors (Lipinski definition) is 6. The van der Waals surface area contributed by atoms with E-state index in [1.165, 1.54) is 23.7 Å². The van der Waals surface area contributed by atoms with Gasteiger partial charge >= 0.3 is 0 Å². The van der Waals surface area contributed by atoms with E-state index in [-0.39, 0.29) is 18.2 Å². The van der Waals surface area contributed by atoms with Crippen molar-refractivity contribution < 1.29 is 9.59 Å². The van der Waals surface area contributed by atoms with E-state index in [1.54, 1.807) is 29.6 Å². The summed E-state index contributed by atoms with van der Waals surface area (Å²) in [6, 6.07) is 6.94. The van der Waals surface area contributed by atoms with E-state index in [2.05, 4.69) is 25.6 Å². The molecule has 0 aliphatic heterocycles. The molecule has 0 saturated carbocycles. The molecule has 0 unspecified atom stereocenters. The number of carbonyl (C=O) groups excluding carboxylic acids is 2. The van der Waals surface area contributed by atoms with Crippen molar-refractivity contribution in [1.82, 2.24) is 15.0 Å². The number of halogens is 1. The van der Waals surface area contributed by atoms with Gasteiger partial charge in [0.1, 0.15) is 0 Å². The van der Waals surface area contributed by atoms with E-state index in [4.69, 9.17) is 11.6 Å². The maximum Gasteiger partial charge on any atom is 0.295 e. The summed E-state index contributed by atoms with van der Waals surface area (Å²) in [4.78, 5) is 36.2. The fourth-order valence-corrected chi connectivity index (χ4v) is 3.00. The summed E-state index contributed by atoms with van der Waals surface area (Å²) >= 11 is 7.27. The van der Waals surface area contributed by atoms with Crippen LogP contribution in [-0.4, -0.2) is 26.8 Å². The molecule has 3 rings (SSSR count). The van der Waals surface area contributed by atoms with Crippen LogP contribution in [0.15, 0.2) is 42.0 Å². The number of carbonyl (C=O) groups is 2. The van der Waals surface area contributed by atoms with Crippen molar-refractivity contribution in [2.24, 2.45) is 0 Å². The summed E-state index contributed by atoms with van der Waals surface area (Å²) in [6.45, 7) is 1.83. The summed E-state index contributed by atoms with van der Waals surface area (Å²) in [5.74, 6) is -0.617. The molecule has 2 amide bonds. The maximum atomic E-state index is 12.2.